The van der Waals surface area contributed by atoms with Crippen LogP contribution in [-0.4, -0.2) is 33.7 Å². The molecule has 0 bridgehead atoms. The van der Waals surface area contributed by atoms with Crippen LogP contribution >= 0.6 is 0 Å². The van der Waals surface area contributed by atoms with E-state index in [9.17, 15) is 9.59 Å². The van der Waals surface area contributed by atoms with Crippen molar-refractivity contribution < 1.29 is 9.59 Å². The van der Waals surface area contributed by atoms with Gasteiger partial charge < -0.3 is 10.6 Å². The zero-order valence-corrected chi connectivity index (χ0v) is 15.9. The number of amides is 2. The van der Waals surface area contributed by atoms with Crippen LogP contribution in [0.5, 0.6) is 0 Å². The van der Waals surface area contributed by atoms with Crippen LogP contribution in [-0.2, 0) is 11.8 Å². The highest BCUT2D eigenvalue weighted by molar-refractivity contribution is 6.17. The topological polar surface area (TPSA) is 79.3 Å². The molecule has 0 aliphatic carbocycles. The first-order valence-corrected chi connectivity index (χ1v) is 8.77. The maximum Gasteiger partial charge on any atom is 0.276 e. The molecule has 1 aliphatic heterocycles. The van der Waals surface area contributed by atoms with E-state index in [1.807, 2.05) is 25.1 Å². The van der Waals surface area contributed by atoms with E-state index >= 15 is 0 Å². The van der Waals surface area contributed by atoms with Crippen molar-refractivity contribution in [3.05, 3.63) is 35.7 Å². The Hall–Kier alpha value is -2.67. The van der Waals surface area contributed by atoms with E-state index in [2.05, 4.69) is 36.5 Å². The first-order valence-electron chi connectivity index (χ1n) is 8.77. The summed E-state index contributed by atoms with van der Waals surface area (Å²) in [4.78, 5) is 27.5. The fraction of sp³-hybridized carbons (Fsp3) is 0.421. The Labute approximate surface area is 153 Å². The summed E-state index contributed by atoms with van der Waals surface area (Å²) in [6.45, 7) is 8.16. The number of para-hydroxylation sites is 2. The van der Waals surface area contributed by atoms with Gasteiger partial charge in [0, 0.05) is 12.6 Å². The van der Waals surface area contributed by atoms with Gasteiger partial charge in [-0.2, -0.15) is 5.10 Å². The molecule has 0 saturated carbocycles. The molecule has 3 rings (SSSR count). The summed E-state index contributed by atoms with van der Waals surface area (Å²) in [6.07, 6.45) is 0.897. The smallest absolute Gasteiger partial charge is 0.276 e. The summed E-state index contributed by atoms with van der Waals surface area (Å²) >= 11 is 0. The van der Waals surface area contributed by atoms with Gasteiger partial charge in [-0.1, -0.05) is 19.1 Å². The molecule has 0 radical (unpaired) electrons. The van der Waals surface area contributed by atoms with E-state index in [0.29, 0.717) is 28.5 Å². The number of nitrogens with zero attached hydrogens (tertiary/aromatic N) is 3. The molecule has 2 heterocycles. The maximum atomic E-state index is 13.2. The van der Waals surface area contributed by atoms with Crippen molar-refractivity contribution in [3.8, 4) is 0 Å². The quantitative estimate of drug-likeness (QED) is 0.884. The van der Waals surface area contributed by atoms with Gasteiger partial charge in [-0.05, 0) is 39.3 Å². The van der Waals surface area contributed by atoms with Crippen LogP contribution in [0.1, 0.15) is 43.4 Å². The molecular formula is C19H25N5O2. The van der Waals surface area contributed by atoms with E-state index in [-0.39, 0.29) is 23.9 Å². The number of hydrogen-bond donors (Lipinski definition) is 2. The van der Waals surface area contributed by atoms with Crippen LogP contribution < -0.4 is 15.5 Å². The fourth-order valence-electron chi connectivity index (χ4n) is 3.02. The lowest BCUT2D eigenvalue weighted by atomic mass is 10.0. The number of carbonyl (C=O) groups excluding carboxylic acids is 2. The van der Waals surface area contributed by atoms with Gasteiger partial charge in [0.05, 0.1) is 23.6 Å². The Bertz CT molecular complexity index is 869. The van der Waals surface area contributed by atoms with Gasteiger partial charge in [0.25, 0.3) is 5.91 Å². The summed E-state index contributed by atoms with van der Waals surface area (Å²) in [6, 6.07) is 7.32. The van der Waals surface area contributed by atoms with Crippen LogP contribution in [0.2, 0.25) is 0 Å². The van der Waals surface area contributed by atoms with Gasteiger partial charge in [-0.3, -0.25) is 19.2 Å². The van der Waals surface area contributed by atoms with E-state index in [4.69, 9.17) is 0 Å². The molecule has 0 saturated heterocycles. The number of benzene rings is 1. The Morgan fingerprint density at radius 2 is 2.00 bits per heavy atom. The van der Waals surface area contributed by atoms with E-state index in [1.54, 1.807) is 18.0 Å². The van der Waals surface area contributed by atoms with Gasteiger partial charge >= 0.3 is 0 Å². The standard InChI is InChI=1S/C19H25N5O2/c1-6-19(3,4)20-11-15(25)24-14-10-8-7-9-13(14)21-18(26)17-16(24)12(2)22-23(17)5/h7-10,20H,6,11H2,1-5H3,(H,21,26). The predicted molar refractivity (Wildman–Crippen MR) is 102 cm³/mol. The third kappa shape index (κ3) is 3.10. The summed E-state index contributed by atoms with van der Waals surface area (Å²) in [5.41, 5.74) is 2.66. The Morgan fingerprint density at radius 3 is 2.69 bits per heavy atom. The van der Waals surface area contributed by atoms with Crippen molar-refractivity contribution in [2.75, 3.05) is 16.8 Å². The molecule has 2 aromatic rings. The highest BCUT2D eigenvalue weighted by Crippen LogP contribution is 2.39. The van der Waals surface area contributed by atoms with Gasteiger partial charge in [-0.25, -0.2) is 0 Å². The molecule has 1 aromatic carbocycles. The van der Waals surface area contributed by atoms with E-state index < -0.39 is 0 Å². The summed E-state index contributed by atoms with van der Waals surface area (Å²) in [7, 11) is 1.71. The highest BCUT2D eigenvalue weighted by atomic mass is 16.2. The molecule has 1 aliphatic rings. The Balaban J connectivity index is 2.10. The van der Waals surface area contributed by atoms with Gasteiger partial charge in [0.2, 0.25) is 5.91 Å². The third-order valence-electron chi connectivity index (χ3n) is 4.87. The van der Waals surface area contributed by atoms with Crippen LogP contribution in [0.3, 0.4) is 0 Å². The van der Waals surface area contributed by atoms with Gasteiger partial charge in [0.1, 0.15) is 5.69 Å². The van der Waals surface area contributed by atoms with Crippen molar-refractivity contribution in [2.45, 2.75) is 39.7 Å². The molecule has 2 N–H and O–H groups in total. The summed E-state index contributed by atoms with van der Waals surface area (Å²) in [5, 5.41) is 10.5. The second kappa shape index (κ2) is 6.57. The minimum absolute atomic E-state index is 0.132. The molecule has 0 unspecified atom stereocenters. The van der Waals surface area contributed by atoms with Crippen molar-refractivity contribution >= 4 is 28.9 Å². The largest absolute Gasteiger partial charge is 0.319 e. The molecule has 7 heteroatoms. The number of fused-ring (bicyclic) bond motifs is 2. The molecular weight excluding hydrogens is 330 g/mol. The normalized spacial score (nSPS) is 13.7. The zero-order chi connectivity index (χ0) is 19.1. The number of carbonyl (C=O) groups is 2. The number of anilines is 3. The molecule has 26 heavy (non-hydrogen) atoms. The number of hydrogen-bond acceptors (Lipinski definition) is 4. The molecule has 0 atom stereocenters. The third-order valence-corrected chi connectivity index (χ3v) is 4.87. The van der Waals surface area contributed by atoms with Crippen molar-refractivity contribution in [3.63, 3.8) is 0 Å². The lowest BCUT2D eigenvalue weighted by Crippen LogP contribution is -2.45. The molecule has 2 amide bonds. The number of nitrogens with one attached hydrogen (secondary N) is 2. The second-order valence-electron chi connectivity index (χ2n) is 7.20. The van der Waals surface area contributed by atoms with Crippen LogP contribution in [0.25, 0.3) is 0 Å². The number of aromatic nitrogens is 2. The average molecular weight is 355 g/mol. The fourth-order valence-corrected chi connectivity index (χ4v) is 3.02. The second-order valence-corrected chi connectivity index (χ2v) is 7.20. The van der Waals surface area contributed by atoms with E-state index in [0.717, 1.165) is 6.42 Å². The first-order chi connectivity index (χ1) is 12.2. The Morgan fingerprint density at radius 1 is 1.31 bits per heavy atom. The van der Waals surface area contributed by atoms with Crippen LogP contribution in [0.15, 0.2) is 24.3 Å². The monoisotopic (exact) mass is 355 g/mol. The molecule has 7 nitrogen and oxygen atoms in total. The maximum absolute atomic E-state index is 13.2. The number of rotatable bonds is 4. The molecule has 138 valence electrons. The lowest BCUT2D eigenvalue weighted by molar-refractivity contribution is -0.117. The van der Waals surface area contributed by atoms with Crippen molar-refractivity contribution in [1.29, 1.82) is 0 Å². The first kappa shape index (κ1) is 18.1. The number of aryl methyl sites for hydroxylation is 2. The predicted octanol–water partition coefficient (Wildman–Crippen LogP) is 2.74. The lowest BCUT2D eigenvalue weighted by Gasteiger charge is -2.28. The molecule has 0 fully saturated rings. The van der Waals surface area contributed by atoms with Crippen molar-refractivity contribution in [2.24, 2.45) is 7.05 Å². The zero-order valence-electron chi connectivity index (χ0n) is 15.9. The summed E-state index contributed by atoms with van der Waals surface area (Å²) in [5.74, 6) is -0.402. The van der Waals surface area contributed by atoms with Gasteiger partial charge in [0.15, 0.2) is 5.69 Å². The van der Waals surface area contributed by atoms with Crippen LogP contribution in [0.4, 0.5) is 17.1 Å². The molecule has 1 aromatic heterocycles. The minimum Gasteiger partial charge on any atom is -0.319 e. The van der Waals surface area contributed by atoms with Crippen LogP contribution in [0, 0.1) is 6.92 Å². The Kier molecular flexibility index (Phi) is 4.58. The highest BCUT2D eigenvalue weighted by Gasteiger charge is 2.34. The van der Waals surface area contributed by atoms with Gasteiger partial charge in [-0.15, -0.1) is 0 Å². The SMILES string of the molecule is CCC(C)(C)NCC(=O)N1c2ccccc2NC(=O)c2c1c(C)nn2C. The van der Waals surface area contributed by atoms with E-state index in [1.165, 1.54) is 4.68 Å². The summed E-state index contributed by atoms with van der Waals surface area (Å²) < 4.78 is 1.52. The molecule has 0 spiro atoms. The average Bonchev–Trinajstić information content (AvgIpc) is 2.81. The minimum atomic E-state index is -0.271. The van der Waals surface area contributed by atoms with Crippen molar-refractivity contribution in [1.82, 2.24) is 15.1 Å².